The highest BCUT2D eigenvalue weighted by atomic mass is 16.6. The summed E-state index contributed by atoms with van der Waals surface area (Å²) in [6, 6.07) is 3.49. The molecular formula is C13H17NO4. The van der Waals surface area contributed by atoms with E-state index in [1.807, 2.05) is 6.07 Å². The fourth-order valence-electron chi connectivity index (χ4n) is 2.23. The lowest BCUT2D eigenvalue weighted by Gasteiger charge is -2.08. The number of benzene rings is 1. The molecule has 0 unspecified atom stereocenters. The molecule has 0 aliphatic heterocycles. The van der Waals surface area contributed by atoms with Crippen LogP contribution in [0.2, 0.25) is 0 Å². The van der Waals surface area contributed by atoms with Gasteiger partial charge in [-0.3, -0.25) is 10.1 Å². The molecule has 0 fully saturated rings. The molecule has 0 atom stereocenters. The van der Waals surface area contributed by atoms with Crippen LogP contribution in [0.4, 0.5) is 5.69 Å². The second-order valence-corrected chi connectivity index (χ2v) is 4.39. The normalized spacial score (nSPS) is 13.4. The maximum Gasteiger partial charge on any atom is 0.311 e. The molecule has 0 saturated carbocycles. The maximum absolute atomic E-state index is 11.0. The number of nitro benzene ring substituents is 1. The SMILES string of the molecule is COCCCOc1cc2c(cc1[N+](=O)[O-])CCC2. The van der Waals surface area contributed by atoms with Crippen LogP contribution in [-0.4, -0.2) is 25.2 Å². The Bertz CT molecular complexity index is 445. The number of aryl methyl sites for hydroxylation is 2. The molecule has 0 N–H and O–H groups in total. The van der Waals surface area contributed by atoms with E-state index >= 15 is 0 Å². The molecule has 0 amide bonds. The predicted molar refractivity (Wildman–Crippen MR) is 67.1 cm³/mol. The summed E-state index contributed by atoms with van der Waals surface area (Å²) in [6.07, 6.45) is 3.71. The monoisotopic (exact) mass is 251 g/mol. The first-order chi connectivity index (χ1) is 8.72. The Morgan fingerprint density at radius 3 is 2.67 bits per heavy atom. The van der Waals surface area contributed by atoms with Gasteiger partial charge in [0, 0.05) is 26.2 Å². The van der Waals surface area contributed by atoms with Crippen molar-refractivity contribution in [3.05, 3.63) is 33.4 Å². The van der Waals surface area contributed by atoms with Crippen molar-refractivity contribution in [2.75, 3.05) is 20.3 Å². The van der Waals surface area contributed by atoms with Gasteiger partial charge in [-0.1, -0.05) is 0 Å². The zero-order valence-electron chi connectivity index (χ0n) is 10.5. The topological polar surface area (TPSA) is 61.6 Å². The van der Waals surface area contributed by atoms with Gasteiger partial charge in [-0.25, -0.2) is 0 Å². The molecular weight excluding hydrogens is 234 g/mol. The van der Waals surface area contributed by atoms with Crippen LogP contribution in [0.15, 0.2) is 12.1 Å². The molecule has 5 heteroatoms. The van der Waals surface area contributed by atoms with Crippen molar-refractivity contribution >= 4 is 5.69 Å². The molecule has 0 radical (unpaired) electrons. The minimum absolute atomic E-state index is 0.0769. The molecule has 1 aromatic carbocycles. The third-order valence-corrected chi connectivity index (χ3v) is 3.12. The number of methoxy groups -OCH3 is 1. The highest BCUT2D eigenvalue weighted by Gasteiger charge is 2.21. The van der Waals surface area contributed by atoms with Gasteiger partial charge in [0.2, 0.25) is 0 Å². The Labute approximate surface area is 106 Å². The number of ether oxygens (including phenoxy) is 2. The highest BCUT2D eigenvalue weighted by Crippen LogP contribution is 2.34. The Balaban J connectivity index is 2.14. The van der Waals surface area contributed by atoms with Gasteiger partial charge in [-0.15, -0.1) is 0 Å². The van der Waals surface area contributed by atoms with Crippen LogP contribution in [0.1, 0.15) is 24.0 Å². The summed E-state index contributed by atoms with van der Waals surface area (Å²) in [6.45, 7) is 1.03. The first-order valence-corrected chi connectivity index (χ1v) is 6.14. The number of fused-ring (bicyclic) bond motifs is 1. The fourth-order valence-corrected chi connectivity index (χ4v) is 2.23. The van der Waals surface area contributed by atoms with Gasteiger partial charge in [-0.05, 0) is 36.5 Å². The lowest BCUT2D eigenvalue weighted by Crippen LogP contribution is -2.04. The van der Waals surface area contributed by atoms with Crippen LogP contribution in [0.3, 0.4) is 0 Å². The highest BCUT2D eigenvalue weighted by molar-refractivity contribution is 5.53. The molecule has 1 aliphatic carbocycles. The Morgan fingerprint density at radius 2 is 2.00 bits per heavy atom. The quantitative estimate of drug-likeness (QED) is 0.442. The van der Waals surface area contributed by atoms with Crippen LogP contribution >= 0.6 is 0 Å². The van der Waals surface area contributed by atoms with Crippen molar-refractivity contribution < 1.29 is 14.4 Å². The average molecular weight is 251 g/mol. The number of nitro groups is 1. The number of hydrogen-bond acceptors (Lipinski definition) is 4. The van der Waals surface area contributed by atoms with E-state index in [0.717, 1.165) is 31.2 Å². The van der Waals surface area contributed by atoms with Crippen molar-refractivity contribution in [1.29, 1.82) is 0 Å². The largest absolute Gasteiger partial charge is 0.487 e. The minimum Gasteiger partial charge on any atom is -0.487 e. The van der Waals surface area contributed by atoms with E-state index in [2.05, 4.69) is 0 Å². The summed E-state index contributed by atoms with van der Waals surface area (Å²) in [5, 5.41) is 11.0. The van der Waals surface area contributed by atoms with E-state index in [9.17, 15) is 10.1 Å². The Morgan fingerprint density at radius 1 is 1.28 bits per heavy atom. The molecule has 0 spiro atoms. The van der Waals surface area contributed by atoms with Crippen LogP contribution in [0.5, 0.6) is 5.75 Å². The summed E-state index contributed by atoms with van der Waals surface area (Å²) in [7, 11) is 1.62. The zero-order chi connectivity index (χ0) is 13.0. The predicted octanol–water partition coefficient (Wildman–Crippen LogP) is 2.50. The van der Waals surface area contributed by atoms with Gasteiger partial charge in [0.25, 0.3) is 0 Å². The van der Waals surface area contributed by atoms with Gasteiger partial charge < -0.3 is 9.47 Å². The average Bonchev–Trinajstić information content (AvgIpc) is 2.80. The molecule has 5 nitrogen and oxygen atoms in total. The van der Waals surface area contributed by atoms with Crippen LogP contribution in [0, 0.1) is 10.1 Å². The summed E-state index contributed by atoms with van der Waals surface area (Å²) >= 11 is 0. The number of nitrogens with zero attached hydrogens (tertiary/aromatic N) is 1. The lowest BCUT2D eigenvalue weighted by atomic mass is 10.1. The third-order valence-electron chi connectivity index (χ3n) is 3.12. The fraction of sp³-hybridized carbons (Fsp3) is 0.538. The van der Waals surface area contributed by atoms with Gasteiger partial charge in [0.05, 0.1) is 11.5 Å². The molecule has 0 aromatic heterocycles. The molecule has 0 heterocycles. The Hall–Kier alpha value is -1.62. The molecule has 2 rings (SSSR count). The minimum atomic E-state index is -0.371. The standard InChI is InChI=1S/C13H17NO4/c1-17-6-3-7-18-13-9-11-5-2-4-10(11)8-12(13)14(15)16/h8-9H,2-7H2,1H3. The summed E-state index contributed by atoms with van der Waals surface area (Å²) in [5.41, 5.74) is 2.35. The molecule has 18 heavy (non-hydrogen) atoms. The van der Waals surface area contributed by atoms with Crippen molar-refractivity contribution in [1.82, 2.24) is 0 Å². The van der Waals surface area contributed by atoms with Gasteiger partial charge in [0.15, 0.2) is 5.75 Å². The van der Waals surface area contributed by atoms with E-state index in [4.69, 9.17) is 9.47 Å². The van der Waals surface area contributed by atoms with Crippen molar-refractivity contribution in [2.24, 2.45) is 0 Å². The van der Waals surface area contributed by atoms with Crippen molar-refractivity contribution in [3.63, 3.8) is 0 Å². The second kappa shape index (κ2) is 5.82. The van der Waals surface area contributed by atoms with Gasteiger partial charge >= 0.3 is 5.69 Å². The van der Waals surface area contributed by atoms with Crippen LogP contribution in [-0.2, 0) is 17.6 Å². The van der Waals surface area contributed by atoms with Gasteiger partial charge in [0.1, 0.15) is 0 Å². The third kappa shape index (κ3) is 2.79. The van der Waals surface area contributed by atoms with E-state index < -0.39 is 0 Å². The lowest BCUT2D eigenvalue weighted by molar-refractivity contribution is -0.385. The van der Waals surface area contributed by atoms with E-state index in [-0.39, 0.29) is 10.6 Å². The van der Waals surface area contributed by atoms with Crippen molar-refractivity contribution in [3.8, 4) is 5.75 Å². The first-order valence-electron chi connectivity index (χ1n) is 6.14. The first kappa shape index (κ1) is 12.8. The number of rotatable bonds is 6. The van der Waals surface area contributed by atoms with Gasteiger partial charge in [-0.2, -0.15) is 0 Å². The summed E-state index contributed by atoms with van der Waals surface area (Å²) < 4.78 is 10.4. The van der Waals surface area contributed by atoms with Crippen molar-refractivity contribution in [2.45, 2.75) is 25.7 Å². The van der Waals surface area contributed by atoms with E-state index in [0.29, 0.717) is 19.0 Å². The molecule has 0 saturated heterocycles. The number of hydrogen-bond donors (Lipinski definition) is 0. The van der Waals surface area contributed by atoms with Crippen LogP contribution < -0.4 is 4.74 Å². The Kier molecular flexibility index (Phi) is 4.15. The second-order valence-electron chi connectivity index (χ2n) is 4.39. The summed E-state index contributed by atoms with van der Waals surface area (Å²) in [5.74, 6) is 0.386. The van der Waals surface area contributed by atoms with E-state index in [1.54, 1.807) is 13.2 Å². The van der Waals surface area contributed by atoms with Crippen LogP contribution in [0.25, 0.3) is 0 Å². The molecule has 0 bridgehead atoms. The molecule has 1 aliphatic rings. The summed E-state index contributed by atoms with van der Waals surface area (Å²) in [4.78, 5) is 10.6. The van der Waals surface area contributed by atoms with E-state index in [1.165, 1.54) is 5.56 Å². The zero-order valence-corrected chi connectivity index (χ0v) is 10.5. The molecule has 1 aromatic rings. The smallest absolute Gasteiger partial charge is 0.311 e. The molecule has 98 valence electrons. The maximum atomic E-state index is 11.0.